The number of nitrogens with zero attached hydrogens (tertiary/aromatic N) is 1. The molecule has 0 saturated heterocycles. The van der Waals surface area contributed by atoms with Crippen LogP contribution in [0.25, 0.3) is 0 Å². The fourth-order valence-corrected chi connectivity index (χ4v) is 4.29. The molecule has 0 aliphatic heterocycles. The molecule has 0 heterocycles. The highest BCUT2D eigenvalue weighted by Crippen LogP contribution is 2.24. The standard InChI is InChI=1S/C20H22ClFN2O5S/c1-4-24(5-2)30(27,28)14-10-11-16(21)15(12-14)20(26)29-13(3)19(25)23-18-9-7-6-8-17(18)22/h6-13H,4-5H2,1-3H3,(H,23,25)/t13-/m0/s1. The summed E-state index contributed by atoms with van der Waals surface area (Å²) in [6, 6.07) is 9.22. The number of hydrogen-bond acceptors (Lipinski definition) is 5. The molecule has 0 spiro atoms. The number of anilines is 1. The third-order valence-electron chi connectivity index (χ3n) is 4.29. The van der Waals surface area contributed by atoms with Gasteiger partial charge in [-0.3, -0.25) is 4.79 Å². The highest BCUT2D eigenvalue weighted by Gasteiger charge is 2.26. The number of carbonyl (C=O) groups is 2. The summed E-state index contributed by atoms with van der Waals surface area (Å²) in [7, 11) is -3.82. The van der Waals surface area contributed by atoms with Gasteiger partial charge in [0.25, 0.3) is 5.91 Å². The predicted octanol–water partition coefficient (Wildman–Crippen LogP) is 3.69. The molecular formula is C20H22ClFN2O5S. The first-order valence-electron chi connectivity index (χ1n) is 9.17. The van der Waals surface area contributed by atoms with Crippen LogP contribution in [0.3, 0.4) is 0 Å². The van der Waals surface area contributed by atoms with E-state index >= 15 is 0 Å². The average molecular weight is 457 g/mol. The molecule has 0 saturated carbocycles. The van der Waals surface area contributed by atoms with Crippen molar-refractivity contribution in [1.82, 2.24) is 4.31 Å². The summed E-state index contributed by atoms with van der Waals surface area (Å²) in [5.41, 5.74) is -0.258. The van der Waals surface area contributed by atoms with Gasteiger partial charge in [0, 0.05) is 13.1 Å². The topological polar surface area (TPSA) is 92.8 Å². The van der Waals surface area contributed by atoms with Crippen LogP contribution < -0.4 is 5.32 Å². The van der Waals surface area contributed by atoms with Gasteiger partial charge in [-0.2, -0.15) is 4.31 Å². The Morgan fingerprint density at radius 2 is 1.80 bits per heavy atom. The molecule has 0 bridgehead atoms. The van der Waals surface area contributed by atoms with Crippen molar-refractivity contribution in [3.63, 3.8) is 0 Å². The van der Waals surface area contributed by atoms with Gasteiger partial charge in [0.2, 0.25) is 10.0 Å². The average Bonchev–Trinajstić information content (AvgIpc) is 2.70. The number of para-hydroxylation sites is 1. The molecule has 162 valence electrons. The van der Waals surface area contributed by atoms with Crippen molar-refractivity contribution in [2.24, 2.45) is 0 Å². The van der Waals surface area contributed by atoms with E-state index in [0.717, 1.165) is 6.07 Å². The van der Waals surface area contributed by atoms with E-state index in [4.69, 9.17) is 16.3 Å². The molecule has 0 unspecified atom stereocenters. The molecule has 2 aromatic carbocycles. The molecule has 2 aromatic rings. The summed E-state index contributed by atoms with van der Waals surface area (Å²) in [6.07, 6.45) is -1.28. The third kappa shape index (κ3) is 5.35. The van der Waals surface area contributed by atoms with Crippen molar-refractivity contribution >= 4 is 39.2 Å². The summed E-state index contributed by atoms with van der Waals surface area (Å²) in [5, 5.41) is 2.29. The lowest BCUT2D eigenvalue weighted by molar-refractivity contribution is -0.123. The van der Waals surface area contributed by atoms with E-state index < -0.39 is 33.8 Å². The minimum Gasteiger partial charge on any atom is -0.449 e. The van der Waals surface area contributed by atoms with E-state index in [-0.39, 0.29) is 34.3 Å². The monoisotopic (exact) mass is 456 g/mol. The largest absolute Gasteiger partial charge is 0.449 e. The van der Waals surface area contributed by atoms with Gasteiger partial charge < -0.3 is 10.1 Å². The Balaban J connectivity index is 2.20. The van der Waals surface area contributed by atoms with Crippen LogP contribution in [0.15, 0.2) is 47.4 Å². The Labute approximate surface area is 179 Å². The summed E-state index contributed by atoms with van der Waals surface area (Å²) < 4.78 is 45.4. The first-order valence-corrected chi connectivity index (χ1v) is 11.0. The van der Waals surface area contributed by atoms with E-state index in [0.29, 0.717) is 0 Å². The maximum Gasteiger partial charge on any atom is 0.340 e. The van der Waals surface area contributed by atoms with E-state index in [2.05, 4.69) is 5.32 Å². The molecular weight excluding hydrogens is 435 g/mol. The molecule has 0 aliphatic rings. The third-order valence-corrected chi connectivity index (χ3v) is 6.66. The van der Waals surface area contributed by atoms with Gasteiger partial charge in [0.15, 0.2) is 6.10 Å². The molecule has 7 nitrogen and oxygen atoms in total. The van der Waals surface area contributed by atoms with Crippen molar-refractivity contribution in [2.45, 2.75) is 31.8 Å². The molecule has 0 aromatic heterocycles. The summed E-state index contributed by atoms with van der Waals surface area (Å²) in [4.78, 5) is 24.6. The number of carbonyl (C=O) groups excluding carboxylic acids is 2. The zero-order valence-electron chi connectivity index (χ0n) is 16.7. The smallest absolute Gasteiger partial charge is 0.340 e. The maximum absolute atomic E-state index is 13.7. The summed E-state index contributed by atoms with van der Waals surface area (Å²) in [5.74, 6) is -2.37. The van der Waals surface area contributed by atoms with Crippen LogP contribution in [0.2, 0.25) is 5.02 Å². The van der Waals surface area contributed by atoms with Gasteiger partial charge >= 0.3 is 5.97 Å². The maximum atomic E-state index is 13.7. The van der Waals surface area contributed by atoms with E-state index in [1.54, 1.807) is 13.8 Å². The quantitative estimate of drug-likeness (QED) is 0.611. The zero-order chi connectivity index (χ0) is 22.5. The summed E-state index contributed by atoms with van der Waals surface area (Å²) >= 11 is 6.04. The number of esters is 1. The van der Waals surface area contributed by atoms with Crippen LogP contribution in [0.1, 0.15) is 31.1 Å². The highest BCUT2D eigenvalue weighted by molar-refractivity contribution is 7.89. The number of benzene rings is 2. The number of amides is 1. The van der Waals surface area contributed by atoms with Crippen LogP contribution in [-0.2, 0) is 19.6 Å². The Morgan fingerprint density at radius 3 is 2.40 bits per heavy atom. The Hall–Kier alpha value is -2.49. The van der Waals surface area contributed by atoms with Gasteiger partial charge in [0.05, 0.1) is 21.2 Å². The van der Waals surface area contributed by atoms with Crippen LogP contribution in [0.5, 0.6) is 0 Å². The fraction of sp³-hybridized carbons (Fsp3) is 0.300. The minimum absolute atomic E-state index is 0.0276. The number of ether oxygens (including phenoxy) is 1. The van der Waals surface area contributed by atoms with Gasteiger partial charge in [-0.05, 0) is 37.3 Å². The molecule has 10 heteroatoms. The van der Waals surface area contributed by atoms with E-state index in [9.17, 15) is 22.4 Å². The zero-order valence-corrected chi connectivity index (χ0v) is 18.3. The second-order valence-electron chi connectivity index (χ2n) is 6.25. The molecule has 0 fully saturated rings. The van der Waals surface area contributed by atoms with E-state index in [1.165, 1.54) is 47.6 Å². The summed E-state index contributed by atoms with van der Waals surface area (Å²) in [6.45, 7) is 5.21. The van der Waals surface area contributed by atoms with Crippen molar-refractivity contribution in [2.75, 3.05) is 18.4 Å². The SMILES string of the molecule is CCN(CC)S(=O)(=O)c1ccc(Cl)c(C(=O)O[C@@H](C)C(=O)Nc2ccccc2F)c1. The van der Waals surface area contributed by atoms with Gasteiger partial charge in [-0.25, -0.2) is 17.6 Å². The minimum atomic E-state index is -3.82. The highest BCUT2D eigenvalue weighted by atomic mass is 35.5. The van der Waals surface area contributed by atoms with Crippen LogP contribution in [-0.4, -0.2) is 43.8 Å². The predicted molar refractivity (Wildman–Crippen MR) is 111 cm³/mol. The lowest BCUT2D eigenvalue weighted by atomic mass is 10.2. The number of sulfonamides is 1. The van der Waals surface area contributed by atoms with E-state index in [1.807, 2.05) is 0 Å². The van der Waals surface area contributed by atoms with Gasteiger partial charge in [0.1, 0.15) is 5.82 Å². The van der Waals surface area contributed by atoms with Crippen LogP contribution >= 0.6 is 11.6 Å². The van der Waals surface area contributed by atoms with Crippen LogP contribution in [0, 0.1) is 5.82 Å². The fourth-order valence-electron chi connectivity index (χ4n) is 2.61. The van der Waals surface area contributed by atoms with Crippen molar-refractivity contribution in [3.8, 4) is 0 Å². The Kier molecular flexibility index (Phi) is 7.94. The molecule has 2 rings (SSSR count). The van der Waals surface area contributed by atoms with Gasteiger partial charge in [-0.1, -0.05) is 37.6 Å². The van der Waals surface area contributed by atoms with Crippen molar-refractivity contribution in [3.05, 3.63) is 58.9 Å². The van der Waals surface area contributed by atoms with Crippen molar-refractivity contribution < 1.29 is 27.1 Å². The normalized spacial score (nSPS) is 12.5. The number of nitrogens with one attached hydrogen (secondary N) is 1. The Morgan fingerprint density at radius 1 is 1.17 bits per heavy atom. The molecule has 0 radical (unpaired) electrons. The first kappa shape index (κ1) is 23.8. The van der Waals surface area contributed by atoms with Gasteiger partial charge in [-0.15, -0.1) is 0 Å². The van der Waals surface area contributed by atoms with Crippen molar-refractivity contribution in [1.29, 1.82) is 0 Å². The number of hydrogen-bond donors (Lipinski definition) is 1. The second kappa shape index (κ2) is 10.0. The lowest BCUT2D eigenvalue weighted by Gasteiger charge is -2.19. The number of halogens is 2. The molecule has 30 heavy (non-hydrogen) atoms. The second-order valence-corrected chi connectivity index (χ2v) is 8.59. The van der Waals surface area contributed by atoms with Crippen LogP contribution in [0.4, 0.5) is 10.1 Å². The number of rotatable bonds is 8. The molecule has 1 atom stereocenters. The molecule has 0 aliphatic carbocycles. The Bertz CT molecular complexity index is 1040. The molecule has 1 N–H and O–H groups in total. The lowest BCUT2D eigenvalue weighted by Crippen LogP contribution is -2.31. The first-order chi connectivity index (χ1) is 14.1. The molecule has 1 amide bonds.